The molecular weight excluding hydrogens is 248 g/mol. The first-order valence-electron chi connectivity index (χ1n) is 6.82. The van der Waals surface area contributed by atoms with E-state index in [1.165, 1.54) is 6.26 Å². The van der Waals surface area contributed by atoms with Gasteiger partial charge in [0.25, 0.3) is 0 Å². The standard InChI is InChI=1S/C14H26O3S/c1-11-6-7-12(13(15)10-11)14(2,3)8-5-9-18(4,16)17/h11-12H,5-10H2,1-4H3. The highest BCUT2D eigenvalue weighted by molar-refractivity contribution is 7.90. The Kier molecular flexibility index (Phi) is 4.98. The first kappa shape index (κ1) is 15.7. The SMILES string of the molecule is CC1CCC(C(C)(C)CCCS(C)(=O)=O)C(=O)C1. The van der Waals surface area contributed by atoms with Crippen LogP contribution in [0.4, 0.5) is 0 Å². The van der Waals surface area contributed by atoms with Crippen LogP contribution < -0.4 is 0 Å². The van der Waals surface area contributed by atoms with Gasteiger partial charge < -0.3 is 0 Å². The number of hydrogen-bond acceptors (Lipinski definition) is 3. The van der Waals surface area contributed by atoms with Crippen LogP contribution in [0.1, 0.15) is 52.9 Å². The van der Waals surface area contributed by atoms with Crippen LogP contribution >= 0.6 is 0 Å². The van der Waals surface area contributed by atoms with Gasteiger partial charge in [0.2, 0.25) is 0 Å². The van der Waals surface area contributed by atoms with Crippen molar-refractivity contribution in [2.75, 3.05) is 12.0 Å². The molecule has 0 saturated heterocycles. The second-order valence-electron chi connectivity index (χ2n) is 6.63. The van der Waals surface area contributed by atoms with Crippen molar-refractivity contribution in [1.29, 1.82) is 0 Å². The molecule has 0 aromatic carbocycles. The maximum Gasteiger partial charge on any atom is 0.147 e. The maximum atomic E-state index is 12.1. The number of sulfone groups is 1. The average molecular weight is 274 g/mol. The van der Waals surface area contributed by atoms with Gasteiger partial charge >= 0.3 is 0 Å². The van der Waals surface area contributed by atoms with E-state index < -0.39 is 9.84 Å². The van der Waals surface area contributed by atoms with Gasteiger partial charge in [-0.1, -0.05) is 20.8 Å². The molecule has 0 N–H and O–H groups in total. The third-order valence-electron chi connectivity index (χ3n) is 4.17. The zero-order valence-electron chi connectivity index (χ0n) is 12.0. The first-order valence-corrected chi connectivity index (χ1v) is 8.88. The molecule has 0 heterocycles. The summed E-state index contributed by atoms with van der Waals surface area (Å²) in [4.78, 5) is 12.1. The van der Waals surface area contributed by atoms with Crippen LogP contribution in [0, 0.1) is 17.3 Å². The molecule has 1 fully saturated rings. The van der Waals surface area contributed by atoms with Crippen molar-refractivity contribution >= 4 is 15.6 Å². The molecule has 2 atom stereocenters. The summed E-state index contributed by atoms with van der Waals surface area (Å²) in [7, 11) is -2.88. The summed E-state index contributed by atoms with van der Waals surface area (Å²) >= 11 is 0. The van der Waals surface area contributed by atoms with Gasteiger partial charge in [-0.05, 0) is 37.0 Å². The molecule has 0 aromatic rings. The highest BCUT2D eigenvalue weighted by Crippen LogP contribution is 2.40. The van der Waals surface area contributed by atoms with Crippen molar-refractivity contribution in [2.45, 2.75) is 52.9 Å². The van der Waals surface area contributed by atoms with Crippen LogP contribution in [0.15, 0.2) is 0 Å². The molecule has 0 spiro atoms. The Morgan fingerprint density at radius 3 is 2.39 bits per heavy atom. The van der Waals surface area contributed by atoms with Gasteiger partial charge in [0, 0.05) is 24.3 Å². The topological polar surface area (TPSA) is 51.2 Å². The Labute approximate surface area is 111 Å². The highest BCUT2D eigenvalue weighted by atomic mass is 32.2. The Hall–Kier alpha value is -0.380. The van der Waals surface area contributed by atoms with Gasteiger partial charge in [0.15, 0.2) is 0 Å². The lowest BCUT2D eigenvalue weighted by Gasteiger charge is -2.37. The lowest BCUT2D eigenvalue weighted by atomic mass is 9.66. The fourth-order valence-corrected chi connectivity index (χ4v) is 3.66. The summed E-state index contributed by atoms with van der Waals surface area (Å²) in [5, 5.41) is 0. The zero-order chi connectivity index (χ0) is 14.0. The molecule has 106 valence electrons. The average Bonchev–Trinajstić information content (AvgIpc) is 2.13. The minimum atomic E-state index is -2.88. The second-order valence-corrected chi connectivity index (χ2v) is 8.89. The minimum Gasteiger partial charge on any atom is -0.299 e. The predicted molar refractivity (Wildman–Crippen MR) is 74.2 cm³/mol. The number of ketones is 1. The molecule has 18 heavy (non-hydrogen) atoms. The maximum absolute atomic E-state index is 12.1. The molecule has 1 aliphatic rings. The van der Waals surface area contributed by atoms with Gasteiger partial charge in [-0.15, -0.1) is 0 Å². The lowest BCUT2D eigenvalue weighted by Crippen LogP contribution is -2.35. The van der Waals surface area contributed by atoms with Crippen molar-refractivity contribution in [1.82, 2.24) is 0 Å². The van der Waals surface area contributed by atoms with Crippen molar-refractivity contribution in [3.8, 4) is 0 Å². The summed E-state index contributed by atoms with van der Waals surface area (Å²) < 4.78 is 22.3. The van der Waals surface area contributed by atoms with Gasteiger partial charge in [0.1, 0.15) is 15.6 Å². The van der Waals surface area contributed by atoms with Gasteiger partial charge in [-0.25, -0.2) is 8.42 Å². The summed E-state index contributed by atoms with van der Waals surface area (Å²) in [6.07, 6.45) is 5.52. The monoisotopic (exact) mass is 274 g/mol. The Bertz CT molecular complexity index is 395. The lowest BCUT2D eigenvalue weighted by molar-refractivity contribution is -0.130. The molecule has 4 heteroatoms. The first-order chi connectivity index (χ1) is 8.12. The van der Waals surface area contributed by atoms with Crippen molar-refractivity contribution in [2.24, 2.45) is 17.3 Å². The summed E-state index contributed by atoms with van der Waals surface area (Å²) in [5.74, 6) is 1.24. The van der Waals surface area contributed by atoms with Gasteiger partial charge in [0.05, 0.1) is 0 Å². The summed E-state index contributed by atoms with van der Waals surface area (Å²) in [6, 6.07) is 0. The Balaban J connectivity index is 2.55. The van der Waals surface area contributed by atoms with Gasteiger partial charge in [-0.3, -0.25) is 4.79 Å². The molecule has 0 aliphatic heterocycles. The van der Waals surface area contributed by atoms with E-state index in [1.54, 1.807) is 0 Å². The van der Waals surface area contributed by atoms with E-state index in [9.17, 15) is 13.2 Å². The quantitative estimate of drug-likeness (QED) is 0.774. The van der Waals surface area contributed by atoms with Gasteiger partial charge in [-0.2, -0.15) is 0 Å². The van der Waals surface area contributed by atoms with E-state index in [1.807, 2.05) is 0 Å². The molecule has 2 unspecified atom stereocenters. The van der Waals surface area contributed by atoms with Crippen LogP contribution in [0.5, 0.6) is 0 Å². The van der Waals surface area contributed by atoms with E-state index in [0.29, 0.717) is 24.5 Å². The van der Waals surface area contributed by atoms with Crippen molar-refractivity contribution in [3.63, 3.8) is 0 Å². The largest absolute Gasteiger partial charge is 0.299 e. The van der Waals surface area contributed by atoms with Crippen LogP contribution in [0.3, 0.4) is 0 Å². The third kappa shape index (κ3) is 4.71. The Morgan fingerprint density at radius 2 is 1.89 bits per heavy atom. The van der Waals surface area contributed by atoms with Crippen LogP contribution in [0.25, 0.3) is 0 Å². The molecule has 0 bridgehead atoms. The molecule has 1 rings (SSSR count). The molecule has 0 amide bonds. The molecule has 3 nitrogen and oxygen atoms in total. The number of Topliss-reactive ketones (excluding diaryl/α,β-unsaturated/α-hetero) is 1. The summed E-state index contributed by atoms with van der Waals surface area (Å²) in [6.45, 7) is 6.34. The minimum absolute atomic E-state index is 0.0675. The Morgan fingerprint density at radius 1 is 1.28 bits per heavy atom. The van der Waals surface area contributed by atoms with Crippen LogP contribution in [-0.4, -0.2) is 26.2 Å². The third-order valence-corrected chi connectivity index (χ3v) is 5.20. The van der Waals surface area contributed by atoms with E-state index >= 15 is 0 Å². The number of hydrogen-bond donors (Lipinski definition) is 0. The fraction of sp³-hybridized carbons (Fsp3) is 0.929. The molecule has 1 saturated carbocycles. The zero-order valence-corrected chi connectivity index (χ0v) is 12.8. The van der Waals surface area contributed by atoms with E-state index in [2.05, 4.69) is 20.8 Å². The van der Waals surface area contributed by atoms with Crippen LogP contribution in [0.2, 0.25) is 0 Å². The van der Waals surface area contributed by atoms with Crippen molar-refractivity contribution in [3.05, 3.63) is 0 Å². The number of carbonyl (C=O) groups is 1. The predicted octanol–water partition coefficient (Wildman–Crippen LogP) is 2.84. The number of rotatable bonds is 5. The number of carbonyl (C=O) groups excluding carboxylic acids is 1. The van der Waals surface area contributed by atoms with E-state index in [-0.39, 0.29) is 17.1 Å². The molecular formula is C14H26O3S. The molecule has 0 aromatic heterocycles. The van der Waals surface area contributed by atoms with Crippen molar-refractivity contribution < 1.29 is 13.2 Å². The second kappa shape index (κ2) is 5.72. The van der Waals surface area contributed by atoms with Crippen LogP contribution in [-0.2, 0) is 14.6 Å². The molecule has 1 aliphatic carbocycles. The fourth-order valence-electron chi connectivity index (χ4n) is 2.99. The van der Waals surface area contributed by atoms with E-state index in [0.717, 1.165) is 19.3 Å². The highest BCUT2D eigenvalue weighted by Gasteiger charge is 2.37. The summed E-state index contributed by atoms with van der Waals surface area (Å²) in [5.41, 5.74) is -0.0675. The smallest absolute Gasteiger partial charge is 0.147 e. The molecule has 0 radical (unpaired) electrons. The normalized spacial score (nSPS) is 26.3. The van der Waals surface area contributed by atoms with E-state index in [4.69, 9.17) is 0 Å².